The average molecular weight is 411 g/mol. The Bertz CT molecular complexity index is 1210. The van der Waals surface area contributed by atoms with Crippen LogP contribution < -0.4 is 10.0 Å². The Morgan fingerprint density at radius 3 is 2.79 bits per heavy atom. The standard InChI is InChI=1S/C20H21N5O3S/c1-14-23-16-7-3-4-8-17(16)25(14)13-12-21-19(26)10-11-22-20-15-6-2-5-9-18(15)29(27,28)24-20/h2-9H,10-13H2,1H3,(H,21,26)(H,22,24). The van der Waals surface area contributed by atoms with E-state index in [1.54, 1.807) is 18.2 Å². The number of aromatic nitrogens is 2. The third-order valence-corrected chi connectivity index (χ3v) is 6.17. The van der Waals surface area contributed by atoms with Crippen LogP contribution in [0.3, 0.4) is 0 Å². The number of para-hydroxylation sites is 2. The Labute approximate surface area is 168 Å². The van der Waals surface area contributed by atoms with E-state index in [1.807, 2.05) is 31.2 Å². The summed E-state index contributed by atoms with van der Waals surface area (Å²) in [7, 11) is -3.56. The van der Waals surface area contributed by atoms with E-state index in [9.17, 15) is 13.2 Å². The molecule has 0 fully saturated rings. The molecule has 0 spiro atoms. The van der Waals surface area contributed by atoms with Gasteiger partial charge in [0, 0.05) is 25.1 Å². The van der Waals surface area contributed by atoms with Gasteiger partial charge in [-0.3, -0.25) is 14.5 Å². The first-order chi connectivity index (χ1) is 14.0. The SMILES string of the molecule is Cc1nc2ccccc2n1CCNC(=O)CCN=C1NS(=O)(=O)c2ccccc21. The highest BCUT2D eigenvalue weighted by Crippen LogP contribution is 2.22. The third kappa shape index (κ3) is 3.86. The molecule has 9 heteroatoms. The predicted octanol–water partition coefficient (Wildman–Crippen LogP) is 1.59. The minimum absolute atomic E-state index is 0.134. The van der Waals surface area contributed by atoms with Crippen molar-refractivity contribution in [2.75, 3.05) is 13.1 Å². The number of nitrogens with zero attached hydrogens (tertiary/aromatic N) is 3. The van der Waals surface area contributed by atoms with Crippen LogP contribution in [0.25, 0.3) is 11.0 Å². The first kappa shape index (κ1) is 19.1. The molecule has 2 heterocycles. The van der Waals surface area contributed by atoms with E-state index in [2.05, 4.69) is 24.6 Å². The van der Waals surface area contributed by atoms with E-state index in [0.717, 1.165) is 16.9 Å². The molecule has 0 bridgehead atoms. The van der Waals surface area contributed by atoms with Crippen LogP contribution in [0.4, 0.5) is 0 Å². The summed E-state index contributed by atoms with van der Waals surface area (Å²) in [5, 5.41) is 2.88. The van der Waals surface area contributed by atoms with Crippen LogP contribution in [0.1, 0.15) is 17.8 Å². The van der Waals surface area contributed by atoms with E-state index < -0.39 is 10.0 Å². The second-order valence-electron chi connectivity index (χ2n) is 6.73. The average Bonchev–Trinajstić information content (AvgIpc) is 3.15. The van der Waals surface area contributed by atoms with Gasteiger partial charge in [0.1, 0.15) is 11.7 Å². The molecule has 29 heavy (non-hydrogen) atoms. The first-order valence-corrected chi connectivity index (χ1v) is 10.8. The Morgan fingerprint density at radius 2 is 1.93 bits per heavy atom. The van der Waals surface area contributed by atoms with Crippen molar-refractivity contribution in [3.63, 3.8) is 0 Å². The van der Waals surface area contributed by atoms with Gasteiger partial charge in [0.2, 0.25) is 5.91 Å². The van der Waals surface area contributed by atoms with Gasteiger partial charge >= 0.3 is 0 Å². The lowest BCUT2D eigenvalue weighted by Gasteiger charge is -2.08. The largest absolute Gasteiger partial charge is 0.354 e. The van der Waals surface area contributed by atoms with E-state index in [0.29, 0.717) is 18.7 Å². The topological polar surface area (TPSA) is 105 Å². The highest BCUT2D eigenvalue weighted by molar-refractivity contribution is 7.90. The van der Waals surface area contributed by atoms with Crippen LogP contribution in [-0.2, 0) is 21.4 Å². The third-order valence-electron chi connectivity index (χ3n) is 4.77. The summed E-state index contributed by atoms with van der Waals surface area (Å²) in [5.74, 6) is 1.05. The van der Waals surface area contributed by atoms with Crippen LogP contribution in [0.2, 0.25) is 0 Å². The van der Waals surface area contributed by atoms with Crippen molar-refractivity contribution in [3.8, 4) is 0 Å². The number of amidine groups is 1. The van der Waals surface area contributed by atoms with Crippen molar-refractivity contribution in [2.45, 2.75) is 24.8 Å². The molecule has 2 aromatic carbocycles. The molecule has 0 aliphatic carbocycles. The molecule has 8 nitrogen and oxygen atoms in total. The molecule has 1 aliphatic heterocycles. The van der Waals surface area contributed by atoms with Gasteiger partial charge in [0.25, 0.3) is 10.0 Å². The van der Waals surface area contributed by atoms with Gasteiger partial charge < -0.3 is 9.88 Å². The Kier molecular flexibility index (Phi) is 5.06. The van der Waals surface area contributed by atoms with Crippen LogP contribution in [0, 0.1) is 6.92 Å². The molecule has 0 radical (unpaired) electrons. The number of carbonyl (C=O) groups is 1. The molecule has 0 saturated heterocycles. The lowest BCUT2D eigenvalue weighted by Crippen LogP contribution is -2.28. The first-order valence-electron chi connectivity index (χ1n) is 9.31. The summed E-state index contributed by atoms with van der Waals surface area (Å²) in [5.41, 5.74) is 2.51. The number of sulfonamides is 1. The van der Waals surface area contributed by atoms with Crippen molar-refractivity contribution in [1.29, 1.82) is 0 Å². The number of carbonyl (C=O) groups excluding carboxylic acids is 1. The minimum atomic E-state index is -3.56. The molecule has 150 valence electrons. The van der Waals surface area contributed by atoms with Crippen molar-refractivity contribution >= 4 is 32.8 Å². The normalized spacial score (nSPS) is 16.0. The van der Waals surface area contributed by atoms with Gasteiger partial charge in [0.05, 0.1) is 22.5 Å². The summed E-state index contributed by atoms with van der Waals surface area (Å²) in [4.78, 5) is 21.1. The summed E-state index contributed by atoms with van der Waals surface area (Å²) in [6.07, 6.45) is 0.178. The maximum Gasteiger partial charge on any atom is 0.263 e. The number of amides is 1. The van der Waals surface area contributed by atoms with Crippen LogP contribution in [-0.4, -0.2) is 42.8 Å². The molecule has 3 aromatic rings. The van der Waals surface area contributed by atoms with Gasteiger partial charge in [-0.1, -0.05) is 24.3 Å². The fourth-order valence-corrected chi connectivity index (χ4v) is 4.65. The number of aliphatic imine (C=N–C) groups is 1. The van der Waals surface area contributed by atoms with Crippen LogP contribution in [0.15, 0.2) is 58.4 Å². The molecule has 4 rings (SSSR count). The maximum absolute atomic E-state index is 12.1. The van der Waals surface area contributed by atoms with Crippen molar-refractivity contribution in [2.24, 2.45) is 4.99 Å². The van der Waals surface area contributed by atoms with Crippen LogP contribution in [0.5, 0.6) is 0 Å². The highest BCUT2D eigenvalue weighted by atomic mass is 32.2. The Balaban J connectivity index is 1.31. The van der Waals surface area contributed by atoms with Gasteiger partial charge in [-0.05, 0) is 31.2 Å². The van der Waals surface area contributed by atoms with Gasteiger partial charge in [0.15, 0.2) is 0 Å². The zero-order valence-electron chi connectivity index (χ0n) is 15.9. The number of hydrogen-bond donors (Lipinski definition) is 2. The van der Waals surface area contributed by atoms with Crippen molar-refractivity contribution < 1.29 is 13.2 Å². The molecule has 1 amide bonds. The fraction of sp³-hybridized carbons (Fsp3) is 0.250. The van der Waals surface area contributed by atoms with Crippen molar-refractivity contribution in [1.82, 2.24) is 19.6 Å². The molecular formula is C20H21N5O3S. The number of nitrogens with one attached hydrogen (secondary N) is 2. The fourth-order valence-electron chi connectivity index (χ4n) is 3.39. The molecule has 0 unspecified atom stereocenters. The van der Waals surface area contributed by atoms with Crippen LogP contribution >= 0.6 is 0 Å². The lowest BCUT2D eigenvalue weighted by molar-refractivity contribution is -0.120. The minimum Gasteiger partial charge on any atom is -0.354 e. The van der Waals surface area contributed by atoms with E-state index >= 15 is 0 Å². The summed E-state index contributed by atoms with van der Waals surface area (Å²) in [6, 6.07) is 14.5. The monoisotopic (exact) mass is 411 g/mol. The van der Waals surface area contributed by atoms with E-state index in [4.69, 9.17) is 0 Å². The van der Waals surface area contributed by atoms with E-state index in [1.165, 1.54) is 6.07 Å². The quantitative estimate of drug-likeness (QED) is 0.642. The number of benzene rings is 2. The molecule has 0 atom stereocenters. The zero-order valence-corrected chi connectivity index (χ0v) is 16.7. The molecule has 0 saturated carbocycles. The number of imidazole rings is 1. The second kappa shape index (κ2) is 7.67. The van der Waals surface area contributed by atoms with Gasteiger partial charge in [-0.2, -0.15) is 0 Å². The number of aryl methyl sites for hydroxylation is 1. The van der Waals surface area contributed by atoms with Gasteiger partial charge in [-0.25, -0.2) is 13.4 Å². The molecule has 2 N–H and O–H groups in total. The molecular weight excluding hydrogens is 390 g/mol. The number of rotatable bonds is 6. The Morgan fingerprint density at radius 1 is 1.17 bits per heavy atom. The lowest BCUT2D eigenvalue weighted by atomic mass is 10.2. The summed E-state index contributed by atoms with van der Waals surface area (Å²) < 4.78 is 28.6. The maximum atomic E-state index is 12.1. The number of hydrogen-bond acceptors (Lipinski definition) is 5. The van der Waals surface area contributed by atoms with Gasteiger partial charge in [-0.15, -0.1) is 0 Å². The molecule has 1 aliphatic rings. The Hall–Kier alpha value is -3.20. The summed E-state index contributed by atoms with van der Waals surface area (Å²) in [6.45, 7) is 3.25. The van der Waals surface area contributed by atoms with E-state index in [-0.39, 0.29) is 29.6 Å². The highest BCUT2D eigenvalue weighted by Gasteiger charge is 2.29. The molecule has 1 aromatic heterocycles. The number of fused-ring (bicyclic) bond motifs is 2. The second-order valence-corrected chi connectivity index (χ2v) is 8.38. The predicted molar refractivity (Wildman–Crippen MR) is 110 cm³/mol. The van der Waals surface area contributed by atoms with Crippen molar-refractivity contribution in [3.05, 3.63) is 59.9 Å². The smallest absolute Gasteiger partial charge is 0.263 e. The summed E-state index contributed by atoms with van der Waals surface area (Å²) >= 11 is 0. The zero-order chi connectivity index (χ0) is 20.4.